The predicted octanol–water partition coefficient (Wildman–Crippen LogP) is 3.42. The van der Waals surface area contributed by atoms with Crippen molar-refractivity contribution in [2.75, 3.05) is 11.9 Å². The van der Waals surface area contributed by atoms with Crippen LogP contribution in [0.5, 0.6) is 0 Å². The van der Waals surface area contributed by atoms with Crippen molar-refractivity contribution in [1.82, 2.24) is 19.8 Å². The summed E-state index contributed by atoms with van der Waals surface area (Å²) in [5, 5.41) is 6.98. The highest BCUT2D eigenvalue weighted by atomic mass is 32.1. The molecule has 7 heteroatoms. The van der Waals surface area contributed by atoms with Gasteiger partial charge in [-0.15, -0.1) is 0 Å². The third kappa shape index (κ3) is 4.30. The minimum absolute atomic E-state index is 0.0249. The Hall–Kier alpha value is -3.19. The van der Waals surface area contributed by atoms with Crippen LogP contribution in [0, 0.1) is 0 Å². The molecule has 0 radical (unpaired) electrons. The van der Waals surface area contributed by atoms with Crippen LogP contribution in [0.15, 0.2) is 73.2 Å². The monoisotopic (exact) mass is 405 g/mol. The molecular weight excluding hydrogens is 382 g/mol. The van der Waals surface area contributed by atoms with Crippen molar-refractivity contribution in [3.63, 3.8) is 0 Å². The van der Waals surface area contributed by atoms with Gasteiger partial charge < -0.3 is 20.1 Å². The van der Waals surface area contributed by atoms with Crippen molar-refractivity contribution in [3.05, 3.63) is 84.4 Å². The molecule has 0 bridgehead atoms. The zero-order chi connectivity index (χ0) is 20.2. The second-order valence-electron chi connectivity index (χ2n) is 7.09. The second kappa shape index (κ2) is 8.45. The number of nitrogens with one attached hydrogen (secondary N) is 2. The lowest BCUT2D eigenvalue weighted by Crippen LogP contribution is -2.32. The highest BCUT2D eigenvalue weighted by Crippen LogP contribution is 2.38. The first-order valence-electron chi connectivity index (χ1n) is 9.56. The SMILES string of the molecule is Cn1ccc([C@@H]2[C@H](c3ccccn3)NC(=S)N2CCC(=O)Nc2ccccc2)c1. The zero-order valence-electron chi connectivity index (χ0n) is 16.2. The molecule has 1 aliphatic heterocycles. The number of carbonyl (C=O) groups is 1. The second-order valence-corrected chi connectivity index (χ2v) is 7.48. The molecular formula is C22H23N5OS. The molecule has 1 aliphatic rings. The van der Waals surface area contributed by atoms with Gasteiger partial charge in [-0.05, 0) is 48.1 Å². The van der Waals surface area contributed by atoms with E-state index in [1.54, 1.807) is 6.20 Å². The van der Waals surface area contributed by atoms with Gasteiger partial charge >= 0.3 is 0 Å². The van der Waals surface area contributed by atoms with E-state index in [0.717, 1.165) is 16.9 Å². The smallest absolute Gasteiger partial charge is 0.226 e. The van der Waals surface area contributed by atoms with Gasteiger partial charge in [-0.2, -0.15) is 0 Å². The molecule has 4 rings (SSSR count). The number of hydrogen-bond donors (Lipinski definition) is 2. The molecule has 1 fully saturated rings. The Bertz CT molecular complexity index is 989. The molecule has 2 N–H and O–H groups in total. The Balaban J connectivity index is 1.52. The van der Waals surface area contributed by atoms with E-state index in [2.05, 4.69) is 32.8 Å². The lowest BCUT2D eigenvalue weighted by molar-refractivity contribution is -0.116. The van der Waals surface area contributed by atoms with Crippen LogP contribution >= 0.6 is 12.2 Å². The molecule has 0 aliphatic carbocycles. The number of benzene rings is 1. The molecule has 2 aromatic heterocycles. The van der Waals surface area contributed by atoms with Crippen molar-refractivity contribution in [2.24, 2.45) is 7.05 Å². The largest absolute Gasteiger partial charge is 0.357 e. The van der Waals surface area contributed by atoms with Gasteiger partial charge in [0.1, 0.15) is 0 Å². The molecule has 1 aromatic carbocycles. The van der Waals surface area contributed by atoms with Gasteiger partial charge in [0.25, 0.3) is 0 Å². The minimum atomic E-state index is -0.0664. The van der Waals surface area contributed by atoms with E-state index in [1.165, 1.54) is 0 Å². The third-order valence-electron chi connectivity index (χ3n) is 5.03. The van der Waals surface area contributed by atoms with Crippen LogP contribution in [0.25, 0.3) is 0 Å². The van der Waals surface area contributed by atoms with Gasteiger partial charge in [0.05, 0.1) is 17.8 Å². The van der Waals surface area contributed by atoms with E-state index < -0.39 is 0 Å². The number of thiocarbonyl (C=S) groups is 1. The van der Waals surface area contributed by atoms with Crippen molar-refractivity contribution < 1.29 is 4.79 Å². The van der Waals surface area contributed by atoms with Gasteiger partial charge in [0.15, 0.2) is 5.11 Å². The lowest BCUT2D eigenvalue weighted by Gasteiger charge is -2.27. The number of aromatic nitrogens is 2. The standard InChI is InChI=1S/C22H23N5OS/c1-26-13-10-16(15-26)21-20(18-9-5-6-12-23-18)25-22(29)27(21)14-11-19(28)24-17-7-3-2-4-8-17/h2-10,12-13,15,20-21H,11,14H2,1H3,(H,24,28)(H,25,29)/t20-,21+/m0/s1. The van der Waals surface area contributed by atoms with Crippen molar-refractivity contribution >= 4 is 28.9 Å². The van der Waals surface area contributed by atoms with Crippen LogP contribution in [0.2, 0.25) is 0 Å². The number of amides is 1. The fraction of sp³-hybridized carbons (Fsp3) is 0.227. The number of carbonyl (C=O) groups excluding carboxylic acids is 1. The number of anilines is 1. The van der Waals surface area contributed by atoms with Crippen LogP contribution in [-0.4, -0.2) is 32.0 Å². The Morgan fingerprint density at radius 1 is 1.17 bits per heavy atom. The van der Waals surface area contributed by atoms with Crippen LogP contribution in [0.4, 0.5) is 5.69 Å². The Morgan fingerprint density at radius 2 is 1.97 bits per heavy atom. The molecule has 1 amide bonds. The van der Waals surface area contributed by atoms with Gasteiger partial charge in [0, 0.05) is 44.3 Å². The number of aryl methyl sites for hydroxylation is 1. The van der Waals surface area contributed by atoms with Gasteiger partial charge in [-0.3, -0.25) is 9.78 Å². The molecule has 0 saturated carbocycles. The first-order chi connectivity index (χ1) is 14.1. The third-order valence-corrected chi connectivity index (χ3v) is 5.38. The van der Waals surface area contributed by atoms with E-state index in [0.29, 0.717) is 18.1 Å². The van der Waals surface area contributed by atoms with Crippen LogP contribution in [0.3, 0.4) is 0 Å². The maximum Gasteiger partial charge on any atom is 0.226 e. The van der Waals surface area contributed by atoms with Crippen LogP contribution in [-0.2, 0) is 11.8 Å². The average Bonchev–Trinajstić information content (AvgIpc) is 3.30. The molecule has 2 atom stereocenters. The molecule has 1 saturated heterocycles. The first-order valence-corrected chi connectivity index (χ1v) is 9.97. The first kappa shape index (κ1) is 19.1. The summed E-state index contributed by atoms with van der Waals surface area (Å²) >= 11 is 5.63. The van der Waals surface area contributed by atoms with Crippen molar-refractivity contribution in [1.29, 1.82) is 0 Å². The highest BCUT2D eigenvalue weighted by molar-refractivity contribution is 7.80. The summed E-state index contributed by atoms with van der Waals surface area (Å²) in [5.41, 5.74) is 2.87. The Labute approximate surface area is 175 Å². The average molecular weight is 406 g/mol. The van der Waals surface area contributed by atoms with E-state index in [9.17, 15) is 4.79 Å². The summed E-state index contributed by atoms with van der Waals surface area (Å²) in [7, 11) is 2.00. The molecule has 148 valence electrons. The summed E-state index contributed by atoms with van der Waals surface area (Å²) in [5.74, 6) is -0.0351. The topological polar surface area (TPSA) is 62.2 Å². The van der Waals surface area contributed by atoms with Gasteiger partial charge in [-0.1, -0.05) is 24.3 Å². The summed E-state index contributed by atoms with van der Waals surface area (Å²) in [6, 6.07) is 17.4. The predicted molar refractivity (Wildman–Crippen MR) is 117 cm³/mol. The molecule has 3 heterocycles. The molecule has 0 unspecified atom stereocenters. The maximum atomic E-state index is 12.5. The summed E-state index contributed by atoms with van der Waals surface area (Å²) in [4.78, 5) is 19.1. The number of rotatable bonds is 6. The minimum Gasteiger partial charge on any atom is -0.357 e. The van der Waals surface area contributed by atoms with E-state index in [4.69, 9.17) is 12.2 Å². The van der Waals surface area contributed by atoms with Gasteiger partial charge in [-0.25, -0.2) is 0 Å². The normalized spacial score (nSPS) is 18.5. The van der Waals surface area contributed by atoms with Crippen molar-refractivity contribution in [3.8, 4) is 0 Å². The number of pyridine rings is 1. The fourth-order valence-electron chi connectivity index (χ4n) is 3.68. The summed E-state index contributed by atoms with van der Waals surface area (Å²) < 4.78 is 2.02. The van der Waals surface area contributed by atoms with Crippen LogP contribution in [0.1, 0.15) is 29.8 Å². The molecule has 6 nitrogen and oxygen atoms in total. The summed E-state index contributed by atoms with van der Waals surface area (Å²) in [6.45, 7) is 0.521. The highest BCUT2D eigenvalue weighted by Gasteiger charge is 2.39. The van der Waals surface area contributed by atoms with E-state index >= 15 is 0 Å². The summed E-state index contributed by atoms with van der Waals surface area (Å²) in [6.07, 6.45) is 6.24. The molecule has 3 aromatic rings. The van der Waals surface area contributed by atoms with E-state index in [-0.39, 0.29) is 18.0 Å². The number of para-hydroxylation sites is 1. The molecule has 29 heavy (non-hydrogen) atoms. The Kier molecular flexibility index (Phi) is 5.57. The van der Waals surface area contributed by atoms with E-state index in [1.807, 2.05) is 66.3 Å². The number of hydrogen-bond acceptors (Lipinski definition) is 3. The van der Waals surface area contributed by atoms with Gasteiger partial charge in [0.2, 0.25) is 5.91 Å². The Morgan fingerprint density at radius 3 is 2.66 bits per heavy atom. The van der Waals surface area contributed by atoms with Crippen LogP contribution < -0.4 is 10.6 Å². The maximum absolute atomic E-state index is 12.5. The number of nitrogens with zero attached hydrogens (tertiary/aromatic N) is 3. The molecule has 0 spiro atoms. The van der Waals surface area contributed by atoms with Crippen molar-refractivity contribution in [2.45, 2.75) is 18.5 Å². The zero-order valence-corrected chi connectivity index (χ0v) is 17.0. The lowest BCUT2D eigenvalue weighted by atomic mass is 9.99. The quantitative estimate of drug-likeness (QED) is 0.616. The fourth-order valence-corrected chi connectivity index (χ4v) is 4.01.